The first-order chi connectivity index (χ1) is 15.0. The van der Waals surface area contributed by atoms with Crippen LogP contribution in [0.4, 0.5) is 0 Å². The largest absolute Gasteiger partial charge is 0.486 e. The van der Waals surface area contributed by atoms with Crippen LogP contribution in [0.3, 0.4) is 0 Å². The quantitative estimate of drug-likeness (QED) is 0.660. The maximum absolute atomic E-state index is 12.8. The summed E-state index contributed by atoms with van der Waals surface area (Å²) in [5.74, 6) is 1.98. The summed E-state index contributed by atoms with van der Waals surface area (Å²) >= 11 is 0. The molecule has 0 fully saturated rings. The summed E-state index contributed by atoms with van der Waals surface area (Å²) < 4.78 is 16.9. The highest BCUT2D eigenvalue weighted by molar-refractivity contribution is 5.94. The van der Waals surface area contributed by atoms with Gasteiger partial charge >= 0.3 is 0 Å². The van der Waals surface area contributed by atoms with Gasteiger partial charge in [0.1, 0.15) is 24.7 Å². The number of hydrogen-bond acceptors (Lipinski definition) is 5. The fourth-order valence-corrected chi connectivity index (χ4v) is 3.24. The number of benzene rings is 3. The van der Waals surface area contributed by atoms with Gasteiger partial charge in [0.15, 0.2) is 11.5 Å². The molecule has 0 aromatic heterocycles. The highest BCUT2D eigenvalue weighted by Crippen LogP contribution is 2.31. The molecule has 4 rings (SSSR count). The van der Waals surface area contributed by atoms with E-state index in [1.807, 2.05) is 18.2 Å². The van der Waals surface area contributed by atoms with E-state index in [9.17, 15) is 9.59 Å². The van der Waals surface area contributed by atoms with E-state index in [0.29, 0.717) is 48.1 Å². The van der Waals surface area contributed by atoms with Crippen molar-refractivity contribution in [3.63, 3.8) is 0 Å². The lowest BCUT2D eigenvalue weighted by Gasteiger charge is -2.21. The van der Waals surface area contributed by atoms with Gasteiger partial charge in [-0.3, -0.25) is 9.59 Å². The number of nitrogens with zero attached hydrogens (tertiary/aromatic N) is 1. The molecule has 3 aromatic rings. The molecule has 31 heavy (non-hydrogen) atoms. The molecule has 158 valence electrons. The van der Waals surface area contributed by atoms with Gasteiger partial charge in [-0.1, -0.05) is 6.07 Å². The monoisotopic (exact) mass is 418 g/mol. The molecular formula is C24H22N2O5. The van der Waals surface area contributed by atoms with Crippen LogP contribution in [-0.4, -0.2) is 37.0 Å². The second kappa shape index (κ2) is 8.79. The maximum atomic E-state index is 12.8. The molecular weight excluding hydrogens is 396 g/mol. The first-order valence-electron chi connectivity index (χ1n) is 9.81. The Morgan fingerprint density at radius 1 is 0.871 bits per heavy atom. The van der Waals surface area contributed by atoms with E-state index < -0.39 is 5.91 Å². The Morgan fingerprint density at radius 3 is 2.06 bits per heavy atom. The predicted molar refractivity (Wildman–Crippen MR) is 115 cm³/mol. The lowest BCUT2D eigenvalue weighted by Crippen LogP contribution is -2.26. The molecule has 0 unspecified atom stereocenters. The number of rotatable bonds is 6. The Morgan fingerprint density at radius 2 is 1.45 bits per heavy atom. The van der Waals surface area contributed by atoms with Crippen LogP contribution in [0.25, 0.3) is 0 Å². The molecule has 0 atom stereocenters. The third-order valence-corrected chi connectivity index (χ3v) is 4.85. The van der Waals surface area contributed by atoms with E-state index in [2.05, 4.69) is 0 Å². The van der Waals surface area contributed by atoms with Crippen molar-refractivity contribution in [3.05, 3.63) is 83.4 Å². The van der Waals surface area contributed by atoms with E-state index in [1.54, 1.807) is 60.5 Å². The lowest BCUT2D eigenvalue weighted by atomic mass is 10.1. The molecule has 7 heteroatoms. The minimum Gasteiger partial charge on any atom is -0.486 e. The molecule has 0 spiro atoms. The number of carbonyl (C=O) groups is 2. The third kappa shape index (κ3) is 4.78. The summed E-state index contributed by atoms with van der Waals surface area (Å²) in [7, 11) is 1.75. The highest BCUT2D eigenvalue weighted by Gasteiger charge is 2.16. The van der Waals surface area contributed by atoms with Crippen molar-refractivity contribution in [1.29, 1.82) is 0 Å². The fraction of sp³-hybridized carbons (Fsp3) is 0.167. The highest BCUT2D eigenvalue weighted by atomic mass is 16.6. The van der Waals surface area contributed by atoms with Gasteiger partial charge in [0.05, 0.1) is 0 Å². The predicted octanol–water partition coefficient (Wildman–Crippen LogP) is 3.62. The molecule has 0 radical (unpaired) electrons. The number of amides is 2. The molecule has 1 aliphatic heterocycles. The van der Waals surface area contributed by atoms with Crippen LogP contribution in [-0.2, 0) is 6.54 Å². The fourth-order valence-electron chi connectivity index (χ4n) is 3.24. The number of hydrogen-bond donors (Lipinski definition) is 1. The van der Waals surface area contributed by atoms with Crippen molar-refractivity contribution in [2.24, 2.45) is 5.73 Å². The molecule has 0 saturated carbocycles. The zero-order valence-corrected chi connectivity index (χ0v) is 17.0. The normalized spacial score (nSPS) is 12.2. The van der Waals surface area contributed by atoms with Crippen LogP contribution in [0.5, 0.6) is 23.0 Å². The third-order valence-electron chi connectivity index (χ3n) is 4.85. The molecule has 0 bridgehead atoms. The molecule has 2 amide bonds. The molecule has 7 nitrogen and oxygen atoms in total. The minimum atomic E-state index is -0.491. The molecule has 0 aliphatic carbocycles. The van der Waals surface area contributed by atoms with Crippen LogP contribution in [0, 0.1) is 0 Å². The van der Waals surface area contributed by atoms with Crippen LogP contribution >= 0.6 is 0 Å². The number of fused-ring (bicyclic) bond motifs is 1. The van der Waals surface area contributed by atoms with E-state index >= 15 is 0 Å². The summed E-state index contributed by atoms with van der Waals surface area (Å²) in [6.45, 7) is 1.51. The Kier molecular flexibility index (Phi) is 5.75. The Labute approximate surface area is 179 Å². The van der Waals surface area contributed by atoms with Crippen LogP contribution in [0.15, 0.2) is 66.7 Å². The zero-order valence-electron chi connectivity index (χ0n) is 17.0. The van der Waals surface area contributed by atoms with Crippen molar-refractivity contribution in [2.45, 2.75) is 6.54 Å². The molecule has 3 aromatic carbocycles. The Bertz CT molecular complexity index is 1090. The average molecular weight is 418 g/mol. The van der Waals surface area contributed by atoms with Crippen molar-refractivity contribution in [1.82, 2.24) is 4.90 Å². The average Bonchev–Trinajstić information content (AvgIpc) is 2.79. The lowest BCUT2D eigenvalue weighted by molar-refractivity contribution is 0.0784. The van der Waals surface area contributed by atoms with Crippen molar-refractivity contribution < 1.29 is 23.8 Å². The Hall–Kier alpha value is -4.00. The molecule has 2 N–H and O–H groups in total. The van der Waals surface area contributed by atoms with E-state index in [0.717, 1.165) is 11.3 Å². The first kappa shape index (κ1) is 20.3. The van der Waals surface area contributed by atoms with Crippen LogP contribution in [0.2, 0.25) is 0 Å². The Balaban J connectivity index is 1.38. The van der Waals surface area contributed by atoms with Crippen LogP contribution in [0.1, 0.15) is 26.3 Å². The molecule has 1 heterocycles. The summed E-state index contributed by atoms with van der Waals surface area (Å²) in [6, 6.07) is 19.1. The van der Waals surface area contributed by atoms with Gasteiger partial charge in [0.2, 0.25) is 5.91 Å². The second-order valence-corrected chi connectivity index (χ2v) is 7.15. The van der Waals surface area contributed by atoms with Gasteiger partial charge in [-0.15, -0.1) is 0 Å². The first-order valence-corrected chi connectivity index (χ1v) is 9.81. The van der Waals surface area contributed by atoms with Crippen molar-refractivity contribution in [3.8, 4) is 23.0 Å². The van der Waals surface area contributed by atoms with Gasteiger partial charge in [-0.05, 0) is 66.2 Å². The second-order valence-electron chi connectivity index (χ2n) is 7.15. The van der Waals surface area contributed by atoms with Gasteiger partial charge in [-0.25, -0.2) is 0 Å². The standard InChI is InChI=1S/C24H22N2O5/c1-26(15-16-2-11-21-22(14-16)30-13-12-29-21)24(28)18-5-9-20(10-6-18)31-19-7-3-17(4-8-19)23(25)27/h2-11,14H,12-13,15H2,1H3,(H2,25,27). The number of carbonyl (C=O) groups excluding carboxylic acids is 2. The maximum Gasteiger partial charge on any atom is 0.253 e. The summed E-state index contributed by atoms with van der Waals surface area (Å²) in [6.07, 6.45) is 0. The summed E-state index contributed by atoms with van der Waals surface area (Å²) in [5, 5.41) is 0. The minimum absolute atomic E-state index is 0.104. The smallest absolute Gasteiger partial charge is 0.253 e. The number of nitrogens with two attached hydrogens (primary N) is 1. The van der Waals surface area contributed by atoms with Gasteiger partial charge in [0.25, 0.3) is 5.91 Å². The summed E-state index contributed by atoms with van der Waals surface area (Å²) in [5.41, 5.74) is 7.16. The number of ether oxygens (including phenoxy) is 3. The van der Waals surface area contributed by atoms with Gasteiger partial charge < -0.3 is 24.8 Å². The van der Waals surface area contributed by atoms with Crippen molar-refractivity contribution in [2.75, 3.05) is 20.3 Å². The van der Waals surface area contributed by atoms with E-state index in [1.165, 1.54) is 0 Å². The zero-order chi connectivity index (χ0) is 21.8. The molecule has 1 aliphatic rings. The summed E-state index contributed by atoms with van der Waals surface area (Å²) in [4.78, 5) is 25.6. The van der Waals surface area contributed by atoms with Gasteiger partial charge in [0, 0.05) is 24.7 Å². The topological polar surface area (TPSA) is 91.1 Å². The molecule has 0 saturated heterocycles. The van der Waals surface area contributed by atoms with Gasteiger partial charge in [-0.2, -0.15) is 0 Å². The van der Waals surface area contributed by atoms with Crippen molar-refractivity contribution >= 4 is 11.8 Å². The number of primary amides is 1. The van der Waals surface area contributed by atoms with E-state index in [4.69, 9.17) is 19.9 Å². The van der Waals surface area contributed by atoms with E-state index in [-0.39, 0.29) is 5.91 Å². The SMILES string of the molecule is CN(Cc1ccc2c(c1)OCCO2)C(=O)c1ccc(Oc2ccc(C(N)=O)cc2)cc1. The van der Waals surface area contributed by atoms with Crippen LogP contribution < -0.4 is 19.9 Å².